The van der Waals surface area contributed by atoms with E-state index >= 15 is 0 Å². The Morgan fingerprint density at radius 1 is 0.933 bits per heavy atom. The normalized spacial score (nSPS) is 10.3. The van der Waals surface area contributed by atoms with Crippen molar-refractivity contribution in [3.05, 3.63) is 90.3 Å². The zero-order valence-corrected chi connectivity index (χ0v) is 16.9. The number of pyridine rings is 1. The molecule has 0 saturated carbocycles. The van der Waals surface area contributed by atoms with Crippen molar-refractivity contribution in [2.75, 3.05) is 18.1 Å². The van der Waals surface area contributed by atoms with E-state index in [-0.39, 0.29) is 25.5 Å². The lowest BCUT2D eigenvalue weighted by atomic mass is 10.1. The molecule has 1 heterocycles. The van der Waals surface area contributed by atoms with Gasteiger partial charge in [0.2, 0.25) is 5.91 Å². The molecule has 0 aliphatic rings. The van der Waals surface area contributed by atoms with E-state index in [1.165, 1.54) is 4.90 Å². The number of carbonyl (C=O) groups excluding carboxylic acids is 2. The second-order valence-electron chi connectivity index (χ2n) is 6.59. The Morgan fingerprint density at radius 2 is 1.70 bits per heavy atom. The van der Waals surface area contributed by atoms with E-state index in [2.05, 4.69) is 4.98 Å². The SMILES string of the molecule is CCOC(=O)CN(C(=O)Cc1ccc(OCc2ccccc2)cc1)c1cccnc1. The molecule has 0 unspecified atom stereocenters. The summed E-state index contributed by atoms with van der Waals surface area (Å²) in [7, 11) is 0. The molecule has 0 radical (unpaired) electrons. The van der Waals surface area contributed by atoms with E-state index in [1.807, 2.05) is 54.6 Å². The van der Waals surface area contributed by atoms with E-state index in [0.717, 1.165) is 16.9 Å². The molecule has 6 heteroatoms. The van der Waals surface area contributed by atoms with Crippen molar-refractivity contribution >= 4 is 17.6 Å². The summed E-state index contributed by atoms with van der Waals surface area (Å²) in [6, 6.07) is 20.8. The molecule has 0 aliphatic heterocycles. The number of esters is 1. The van der Waals surface area contributed by atoms with E-state index in [0.29, 0.717) is 12.3 Å². The molecule has 30 heavy (non-hydrogen) atoms. The van der Waals surface area contributed by atoms with E-state index in [1.54, 1.807) is 31.5 Å². The molecular weight excluding hydrogens is 380 g/mol. The number of rotatable bonds is 9. The third-order valence-electron chi connectivity index (χ3n) is 4.38. The van der Waals surface area contributed by atoms with Gasteiger partial charge in [0.1, 0.15) is 18.9 Å². The van der Waals surface area contributed by atoms with Gasteiger partial charge < -0.3 is 9.47 Å². The van der Waals surface area contributed by atoms with Gasteiger partial charge in [-0.05, 0) is 42.3 Å². The van der Waals surface area contributed by atoms with Crippen LogP contribution in [0.3, 0.4) is 0 Å². The number of hydrogen-bond donors (Lipinski definition) is 0. The van der Waals surface area contributed by atoms with E-state index < -0.39 is 5.97 Å². The van der Waals surface area contributed by atoms with Gasteiger partial charge in [0.15, 0.2) is 0 Å². The summed E-state index contributed by atoms with van der Waals surface area (Å²) in [6.07, 6.45) is 3.32. The van der Waals surface area contributed by atoms with Crippen molar-refractivity contribution in [3.8, 4) is 5.75 Å². The summed E-state index contributed by atoms with van der Waals surface area (Å²) in [4.78, 5) is 30.3. The number of hydrogen-bond acceptors (Lipinski definition) is 5. The maximum Gasteiger partial charge on any atom is 0.326 e. The second kappa shape index (κ2) is 10.8. The molecular formula is C24H24N2O4. The molecule has 2 aromatic carbocycles. The Bertz CT molecular complexity index is 944. The lowest BCUT2D eigenvalue weighted by Crippen LogP contribution is -2.37. The fourth-order valence-electron chi connectivity index (χ4n) is 2.89. The van der Waals surface area contributed by atoms with Crippen LogP contribution in [0.2, 0.25) is 0 Å². The van der Waals surface area contributed by atoms with Gasteiger partial charge in [-0.3, -0.25) is 19.5 Å². The predicted molar refractivity (Wildman–Crippen MR) is 114 cm³/mol. The molecule has 0 saturated heterocycles. The zero-order chi connectivity index (χ0) is 21.2. The van der Waals surface area contributed by atoms with Crippen LogP contribution in [0.15, 0.2) is 79.1 Å². The Balaban J connectivity index is 1.63. The number of anilines is 1. The lowest BCUT2D eigenvalue weighted by Gasteiger charge is -2.21. The smallest absolute Gasteiger partial charge is 0.326 e. The average molecular weight is 404 g/mol. The van der Waals surface area contributed by atoms with Gasteiger partial charge >= 0.3 is 5.97 Å². The van der Waals surface area contributed by atoms with Gasteiger partial charge in [-0.15, -0.1) is 0 Å². The highest BCUT2D eigenvalue weighted by atomic mass is 16.5. The molecule has 0 bridgehead atoms. The van der Waals surface area contributed by atoms with Crippen LogP contribution in [0.1, 0.15) is 18.1 Å². The monoisotopic (exact) mass is 404 g/mol. The zero-order valence-electron chi connectivity index (χ0n) is 16.9. The van der Waals surface area contributed by atoms with Crippen molar-refractivity contribution in [1.29, 1.82) is 0 Å². The molecule has 6 nitrogen and oxygen atoms in total. The molecule has 0 N–H and O–H groups in total. The molecule has 3 rings (SSSR count). The fourth-order valence-corrected chi connectivity index (χ4v) is 2.89. The lowest BCUT2D eigenvalue weighted by molar-refractivity contribution is -0.142. The standard InChI is InChI=1S/C24H24N2O4/c1-2-29-24(28)17-26(21-9-6-14-25-16-21)23(27)15-19-10-12-22(13-11-19)30-18-20-7-4-3-5-8-20/h3-14,16H,2,15,17-18H2,1H3. The summed E-state index contributed by atoms with van der Waals surface area (Å²) in [5.41, 5.74) is 2.46. The molecule has 0 spiro atoms. The van der Waals surface area contributed by atoms with Crippen LogP contribution in [0.25, 0.3) is 0 Å². The first-order chi connectivity index (χ1) is 14.7. The minimum Gasteiger partial charge on any atom is -0.489 e. The maximum atomic E-state index is 12.9. The van der Waals surface area contributed by atoms with Crippen molar-refractivity contribution in [1.82, 2.24) is 4.98 Å². The summed E-state index contributed by atoms with van der Waals surface area (Å²) in [5.74, 6) is 0.0547. The van der Waals surface area contributed by atoms with Crippen molar-refractivity contribution in [2.24, 2.45) is 0 Å². The van der Waals surface area contributed by atoms with Gasteiger partial charge in [0.25, 0.3) is 0 Å². The first-order valence-electron chi connectivity index (χ1n) is 9.77. The average Bonchev–Trinajstić information content (AvgIpc) is 2.78. The molecule has 1 aromatic heterocycles. The maximum absolute atomic E-state index is 12.9. The summed E-state index contributed by atoms with van der Waals surface area (Å²) >= 11 is 0. The van der Waals surface area contributed by atoms with Crippen LogP contribution < -0.4 is 9.64 Å². The molecule has 3 aromatic rings. The number of nitrogens with zero attached hydrogens (tertiary/aromatic N) is 2. The molecule has 1 amide bonds. The van der Waals surface area contributed by atoms with Crippen LogP contribution in [0.5, 0.6) is 5.75 Å². The van der Waals surface area contributed by atoms with Crippen LogP contribution in [-0.2, 0) is 27.4 Å². The van der Waals surface area contributed by atoms with Gasteiger partial charge in [-0.25, -0.2) is 0 Å². The van der Waals surface area contributed by atoms with Crippen LogP contribution in [-0.4, -0.2) is 30.0 Å². The minimum atomic E-state index is -0.459. The van der Waals surface area contributed by atoms with Crippen molar-refractivity contribution < 1.29 is 19.1 Å². The third-order valence-corrected chi connectivity index (χ3v) is 4.38. The Hall–Kier alpha value is -3.67. The highest BCUT2D eigenvalue weighted by Gasteiger charge is 2.20. The summed E-state index contributed by atoms with van der Waals surface area (Å²) in [5, 5.41) is 0. The van der Waals surface area contributed by atoms with Crippen LogP contribution >= 0.6 is 0 Å². The minimum absolute atomic E-state index is 0.146. The second-order valence-corrected chi connectivity index (χ2v) is 6.59. The Morgan fingerprint density at radius 3 is 2.37 bits per heavy atom. The number of ether oxygens (including phenoxy) is 2. The number of carbonyl (C=O) groups is 2. The number of amides is 1. The fraction of sp³-hybridized carbons (Fsp3) is 0.208. The quantitative estimate of drug-likeness (QED) is 0.508. The number of aromatic nitrogens is 1. The third kappa shape index (κ3) is 6.17. The van der Waals surface area contributed by atoms with Crippen molar-refractivity contribution in [2.45, 2.75) is 20.0 Å². The highest BCUT2D eigenvalue weighted by Crippen LogP contribution is 2.17. The first-order valence-corrected chi connectivity index (χ1v) is 9.77. The molecule has 0 atom stereocenters. The Labute approximate surface area is 176 Å². The number of benzene rings is 2. The topological polar surface area (TPSA) is 68.7 Å². The largest absolute Gasteiger partial charge is 0.489 e. The van der Waals surface area contributed by atoms with Crippen molar-refractivity contribution in [3.63, 3.8) is 0 Å². The Kier molecular flexibility index (Phi) is 7.55. The predicted octanol–water partition coefficient (Wildman–Crippen LogP) is 3.80. The van der Waals surface area contributed by atoms with Gasteiger partial charge in [0.05, 0.1) is 24.9 Å². The first kappa shape index (κ1) is 21.0. The van der Waals surface area contributed by atoms with Crippen LogP contribution in [0.4, 0.5) is 5.69 Å². The van der Waals surface area contributed by atoms with Gasteiger partial charge in [-0.2, -0.15) is 0 Å². The summed E-state index contributed by atoms with van der Waals surface area (Å²) < 4.78 is 10.8. The molecule has 154 valence electrons. The van der Waals surface area contributed by atoms with E-state index in [4.69, 9.17) is 9.47 Å². The van der Waals surface area contributed by atoms with Gasteiger partial charge in [-0.1, -0.05) is 42.5 Å². The molecule has 0 aliphatic carbocycles. The highest BCUT2D eigenvalue weighted by molar-refractivity contribution is 5.98. The summed E-state index contributed by atoms with van der Waals surface area (Å²) in [6.45, 7) is 2.32. The van der Waals surface area contributed by atoms with Crippen LogP contribution in [0, 0.1) is 0 Å². The van der Waals surface area contributed by atoms with Gasteiger partial charge in [0, 0.05) is 6.20 Å². The van der Waals surface area contributed by atoms with E-state index in [9.17, 15) is 9.59 Å². The molecule has 0 fully saturated rings.